The quantitative estimate of drug-likeness (QED) is 0.420. The molecule has 0 radical (unpaired) electrons. The van der Waals surface area contributed by atoms with E-state index in [2.05, 4.69) is 0 Å². The van der Waals surface area contributed by atoms with Crippen LogP contribution in [0.3, 0.4) is 0 Å². The third-order valence-corrected chi connectivity index (χ3v) is 9.15. The fourth-order valence-electron chi connectivity index (χ4n) is 6.81. The van der Waals surface area contributed by atoms with Gasteiger partial charge in [-0.1, -0.05) is 23.2 Å². The maximum atomic E-state index is 13.9. The summed E-state index contributed by atoms with van der Waals surface area (Å²) in [4.78, 5) is 45.0. The summed E-state index contributed by atoms with van der Waals surface area (Å²) in [5.41, 5.74) is 0.0156. The highest BCUT2D eigenvalue weighted by atomic mass is 35.5. The molecule has 224 valence electrons. The Morgan fingerprint density at radius 3 is 1.29 bits per heavy atom. The number of carbonyl (C=O) groups excluding carboxylic acids is 3. The Labute approximate surface area is 254 Å². The van der Waals surface area contributed by atoms with Crippen molar-refractivity contribution in [3.05, 3.63) is 44.4 Å². The smallest absolute Gasteiger partial charge is 0.255 e. The summed E-state index contributed by atoms with van der Waals surface area (Å²) in [6, 6.07) is 3.40. The minimum Gasteiger partial charge on any atom is -0.449 e. The van der Waals surface area contributed by atoms with Gasteiger partial charge in [-0.25, -0.2) is 0 Å². The van der Waals surface area contributed by atoms with Crippen LogP contribution in [0.15, 0.2) is 12.1 Å². The van der Waals surface area contributed by atoms with Gasteiger partial charge < -0.3 is 28.7 Å². The number of Topliss-reactive ketones (excluding diaryl/α,β-unsaturated/α-hetero) is 1. The van der Waals surface area contributed by atoms with E-state index in [0.717, 1.165) is 11.1 Å². The third-order valence-electron chi connectivity index (χ3n) is 8.40. The van der Waals surface area contributed by atoms with Gasteiger partial charge in [0.1, 0.15) is 0 Å². The lowest BCUT2D eigenvalue weighted by Crippen LogP contribution is -2.69. The molecule has 0 aliphatic carbocycles. The van der Waals surface area contributed by atoms with Crippen molar-refractivity contribution in [3.63, 3.8) is 0 Å². The second kappa shape index (κ2) is 8.92. The largest absolute Gasteiger partial charge is 0.449 e. The van der Waals surface area contributed by atoms with Gasteiger partial charge >= 0.3 is 0 Å². The number of fused-ring (bicyclic) bond motifs is 4. The van der Waals surface area contributed by atoms with Crippen LogP contribution in [0.1, 0.15) is 73.4 Å². The molecular weight excluding hydrogens is 583 g/mol. The van der Waals surface area contributed by atoms with Gasteiger partial charge in [0, 0.05) is 53.9 Å². The number of piperidine rings is 2. The SMILES string of the molecule is Cc1cc(C(=O)N2CC3(C)CN(C(=O)c4cc(C)c5c(c4Cl)OC(C)(C)O5)CC(C)(C2)C3=O)c(Cl)c2c1OC(C)(C)O2. The zero-order chi connectivity index (χ0) is 30.7. The molecule has 2 saturated heterocycles. The number of amides is 2. The number of hydrogen-bond acceptors (Lipinski definition) is 7. The summed E-state index contributed by atoms with van der Waals surface area (Å²) >= 11 is 13.4. The summed E-state index contributed by atoms with van der Waals surface area (Å²) in [6.07, 6.45) is 0. The average molecular weight is 618 g/mol. The number of aryl methyl sites for hydroxylation is 2. The molecule has 4 aliphatic rings. The zero-order valence-corrected chi connectivity index (χ0v) is 26.5. The average Bonchev–Trinajstić information content (AvgIpc) is 3.40. The minimum atomic E-state index is -1.00. The number of benzene rings is 2. The Morgan fingerprint density at radius 2 is 0.952 bits per heavy atom. The first-order chi connectivity index (χ1) is 19.3. The van der Waals surface area contributed by atoms with E-state index in [1.807, 2.05) is 13.8 Å². The normalized spacial score (nSPS) is 26.5. The first kappa shape index (κ1) is 28.9. The highest BCUT2D eigenvalue weighted by molar-refractivity contribution is 6.36. The summed E-state index contributed by atoms with van der Waals surface area (Å²) in [5, 5.41) is 0.354. The van der Waals surface area contributed by atoms with E-state index in [4.69, 9.17) is 42.1 Å². The van der Waals surface area contributed by atoms with Gasteiger partial charge in [0.05, 0.1) is 32.0 Å². The first-order valence-electron chi connectivity index (χ1n) is 13.9. The molecular formula is C31H34Cl2N2O7. The molecule has 0 saturated carbocycles. The molecule has 0 unspecified atom stereocenters. The Hall–Kier alpha value is -3.17. The molecule has 11 heteroatoms. The van der Waals surface area contributed by atoms with Gasteiger partial charge in [0.2, 0.25) is 11.6 Å². The van der Waals surface area contributed by atoms with E-state index in [-0.39, 0.29) is 64.9 Å². The van der Waals surface area contributed by atoms with Crippen LogP contribution >= 0.6 is 23.2 Å². The summed E-state index contributed by atoms with van der Waals surface area (Å²) in [7, 11) is 0. The van der Waals surface area contributed by atoms with Crippen LogP contribution in [0.2, 0.25) is 10.0 Å². The van der Waals surface area contributed by atoms with E-state index in [0.29, 0.717) is 23.0 Å². The third kappa shape index (κ3) is 4.30. The van der Waals surface area contributed by atoms with Crippen molar-refractivity contribution in [2.45, 2.75) is 67.0 Å². The fourth-order valence-corrected chi connectivity index (χ4v) is 7.33. The zero-order valence-electron chi connectivity index (χ0n) is 25.0. The van der Waals surface area contributed by atoms with Crippen molar-refractivity contribution in [1.29, 1.82) is 0 Å². The molecule has 4 heterocycles. The van der Waals surface area contributed by atoms with E-state index >= 15 is 0 Å². The molecule has 2 aromatic rings. The summed E-state index contributed by atoms with van der Waals surface area (Å²) in [6.45, 7) is 14.9. The number of likely N-dealkylation sites (tertiary alicyclic amines) is 2. The monoisotopic (exact) mass is 616 g/mol. The van der Waals surface area contributed by atoms with Crippen LogP contribution in [-0.4, -0.2) is 65.2 Å². The molecule has 2 amide bonds. The highest BCUT2D eigenvalue weighted by Crippen LogP contribution is 2.51. The predicted octanol–water partition coefficient (Wildman–Crippen LogP) is 5.82. The molecule has 6 rings (SSSR count). The second-order valence-electron chi connectivity index (χ2n) is 13.4. The number of carbonyl (C=O) groups is 3. The van der Waals surface area contributed by atoms with Crippen LogP contribution in [0.4, 0.5) is 0 Å². The van der Waals surface area contributed by atoms with Crippen LogP contribution in [0.25, 0.3) is 0 Å². The molecule has 42 heavy (non-hydrogen) atoms. The maximum Gasteiger partial charge on any atom is 0.255 e. The lowest BCUT2D eigenvalue weighted by Gasteiger charge is -2.55. The Balaban J connectivity index is 1.29. The molecule has 0 spiro atoms. The number of rotatable bonds is 2. The molecule has 0 atom stereocenters. The first-order valence-corrected chi connectivity index (χ1v) is 14.7. The van der Waals surface area contributed by atoms with Crippen molar-refractivity contribution in [1.82, 2.24) is 9.80 Å². The molecule has 4 aliphatic heterocycles. The molecule has 2 aromatic carbocycles. The molecule has 2 bridgehead atoms. The van der Waals surface area contributed by atoms with Gasteiger partial charge in [0.25, 0.3) is 11.8 Å². The van der Waals surface area contributed by atoms with E-state index < -0.39 is 22.4 Å². The minimum absolute atomic E-state index is 0.0209. The van der Waals surface area contributed by atoms with Crippen molar-refractivity contribution < 1.29 is 33.3 Å². The fraction of sp³-hybridized carbons (Fsp3) is 0.516. The molecule has 9 nitrogen and oxygen atoms in total. The lowest BCUT2D eigenvalue weighted by atomic mass is 9.64. The molecule has 2 fully saturated rings. The van der Waals surface area contributed by atoms with Crippen molar-refractivity contribution >= 4 is 40.8 Å². The lowest BCUT2D eigenvalue weighted by molar-refractivity contribution is -0.153. The van der Waals surface area contributed by atoms with Crippen LogP contribution < -0.4 is 18.9 Å². The van der Waals surface area contributed by atoms with Gasteiger partial charge in [-0.2, -0.15) is 0 Å². The van der Waals surface area contributed by atoms with Crippen LogP contribution in [0, 0.1) is 24.7 Å². The van der Waals surface area contributed by atoms with Gasteiger partial charge in [-0.3, -0.25) is 14.4 Å². The van der Waals surface area contributed by atoms with Crippen LogP contribution in [-0.2, 0) is 4.79 Å². The number of ketones is 1. The van der Waals surface area contributed by atoms with Gasteiger partial charge in [-0.05, 0) is 51.0 Å². The van der Waals surface area contributed by atoms with Crippen LogP contribution in [0.5, 0.6) is 23.0 Å². The highest BCUT2D eigenvalue weighted by Gasteiger charge is 2.58. The number of hydrogen-bond donors (Lipinski definition) is 0. The van der Waals surface area contributed by atoms with Crippen molar-refractivity contribution in [3.8, 4) is 23.0 Å². The Bertz CT molecular complexity index is 1470. The van der Waals surface area contributed by atoms with Gasteiger partial charge in [-0.15, -0.1) is 0 Å². The number of ether oxygens (including phenoxy) is 4. The van der Waals surface area contributed by atoms with Crippen molar-refractivity contribution in [2.24, 2.45) is 10.8 Å². The topological polar surface area (TPSA) is 94.6 Å². The molecule has 0 aromatic heterocycles. The van der Waals surface area contributed by atoms with E-state index in [1.54, 1.807) is 63.5 Å². The maximum absolute atomic E-state index is 13.9. The van der Waals surface area contributed by atoms with Crippen molar-refractivity contribution in [2.75, 3.05) is 26.2 Å². The number of halogens is 2. The summed E-state index contributed by atoms with van der Waals surface area (Å²) < 4.78 is 23.6. The standard InChI is InChI=1S/C31H34Cl2N2O7/c1-15-9-17(19(32)23-21(15)39-28(3,4)41-23)25(36)34-11-30(7)13-35(14-31(8,12-34)27(30)38)26(37)18-10-16(2)22-24(20(18)33)42-29(5,6)40-22/h9-10H,11-14H2,1-8H3. The Kier molecular flexibility index (Phi) is 6.15. The second-order valence-corrected chi connectivity index (χ2v) is 14.2. The molecule has 0 N–H and O–H groups in total. The predicted molar refractivity (Wildman–Crippen MR) is 156 cm³/mol. The van der Waals surface area contributed by atoms with Gasteiger partial charge in [0.15, 0.2) is 28.8 Å². The number of nitrogens with zero attached hydrogens (tertiary/aromatic N) is 2. The summed E-state index contributed by atoms with van der Waals surface area (Å²) in [5.74, 6) is -0.685. The van der Waals surface area contributed by atoms with E-state index in [1.165, 1.54) is 0 Å². The van der Waals surface area contributed by atoms with E-state index in [9.17, 15) is 14.4 Å². The Morgan fingerprint density at radius 1 is 0.643 bits per heavy atom.